The summed E-state index contributed by atoms with van der Waals surface area (Å²) in [6.07, 6.45) is 1.70. The molecule has 8 heteroatoms. The first-order valence-corrected chi connectivity index (χ1v) is 11.8. The number of aryl methyl sites for hydroxylation is 1. The summed E-state index contributed by atoms with van der Waals surface area (Å²) in [6.45, 7) is 8.29. The van der Waals surface area contributed by atoms with E-state index in [-0.39, 0.29) is 22.8 Å². The summed E-state index contributed by atoms with van der Waals surface area (Å²) < 4.78 is 27.7. The monoisotopic (exact) mass is 443 g/mol. The molecule has 3 rings (SSSR count). The standard InChI is InChI=1S/C22H25N3O3S2/c1-15-13-23-21(29-15)25-20(26)17-7-5-16(6-8-17)14-24-30(27,28)19-11-9-18(10-12-19)22(2,3)4/h5-13,24H,14H2,1-4H3,(H,23,25,26). The highest BCUT2D eigenvalue weighted by atomic mass is 32.2. The summed E-state index contributed by atoms with van der Waals surface area (Å²) in [7, 11) is -3.62. The Labute approximate surface area is 181 Å². The molecule has 6 nitrogen and oxygen atoms in total. The van der Waals surface area contributed by atoms with Gasteiger partial charge in [0.05, 0.1) is 4.90 Å². The van der Waals surface area contributed by atoms with Crippen LogP contribution in [0.1, 0.15) is 47.1 Å². The van der Waals surface area contributed by atoms with Crippen molar-refractivity contribution in [1.82, 2.24) is 9.71 Å². The summed E-state index contributed by atoms with van der Waals surface area (Å²) >= 11 is 1.40. The van der Waals surface area contributed by atoms with Gasteiger partial charge in [0.1, 0.15) is 0 Å². The predicted molar refractivity (Wildman–Crippen MR) is 120 cm³/mol. The number of thiazole rings is 1. The number of rotatable bonds is 6. The molecule has 158 valence electrons. The molecule has 0 aliphatic heterocycles. The first-order valence-electron chi connectivity index (χ1n) is 9.47. The van der Waals surface area contributed by atoms with Crippen molar-refractivity contribution in [3.63, 3.8) is 0 Å². The SMILES string of the molecule is Cc1cnc(NC(=O)c2ccc(CNS(=O)(=O)c3ccc(C(C)(C)C)cc3)cc2)s1. The lowest BCUT2D eigenvalue weighted by molar-refractivity contribution is 0.102. The van der Waals surface area contributed by atoms with E-state index in [4.69, 9.17) is 0 Å². The third-order valence-corrected chi connectivity index (χ3v) is 6.80. The average molecular weight is 444 g/mol. The third kappa shape index (κ3) is 5.53. The number of carbonyl (C=O) groups is 1. The maximum Gasteiger partial charge on any atom is 0.257 e. The number of nitrogens with zero attached hydrogens (tertiary/aromatic N) is 1. The Bertz CT molecular complexity index is 1130. The summed E-state index contributed by atoms with van der Waals surface area (Å²) in [5.74, 6) is -0.254. The molecule has 0 saturated heterocycles. The highest BCUT2D eigenvalue weighted by Gasteiger charge is 2.17. The van der Waals surface area contributed by atoms with Gasteiger partial charge in [0.25, 0.3) is 5.91 Å². The van der Waals surface area contributed by atoms with Crippen LogP contribution in [-0.2, 0) is 22.0 Å². The van der Waals surface area contributed by atoms with E-state index >= 15 is 0 Å². The lowest BCUT2D eigenvalue weighted by atomic mass is 9.87. The Morgan fingerprint density at radius 3 is 2.20 bits per heavy atom. The number of aromatic nitrogens is 1. The van der Waals surface area contributed by atoms with Crippen LogP contribution in [0.2, 0.25) is 0 Å². The first-order chi connectivity index (χ1) is 14.0. The highest BCUT2D eigenvalue weighted by molar-refractivity contribution is 7.89. The Kier molecular flexibility index (Phi) is 6.40. The van der Waals surface area contributed by atoms with Crippen LogP contribution >= 0.6 is 11.3 Å². The van der Waals surface area contributed by atoms with Crippen molar-refractivity contribution in [1.29, 1.82) is 0 Å². The zero-order chi connectivity index (χ0) is 21.9. The number of hydrogen-bond donors (Lipinski definition) is 2. The van der Waals surface area contributed by atoms with Crippen LogP contribution in [0.15, 0.2) is 59.6 Å². The van der Waals surface area contributed by atoms with E-state index in [1.54, 1.807) is 42.6 Å². The Morgan fingerprint density at radius 2 is 1.67 bits per heavy atom. The van der Waals surface area contributed by atoms with Crippen molar-refractivity contribution in [3.05, 3.63) is 76.3 Å². The van der Waals surface area contributed by atoms with Crippen molar-refractivity contribution in [2.45, 2.75) is 44.6 Å². The topological polar surface area (TPSA) is 88.2 Å². The van der Waals surface area contributed by atoms with Crippen LogP contribution in [0.3, 0.4) is 0 Å². The lowest BCUT2D eigenvalue weighted by Crippen LogP contribution is -2.23. The summed E-state index contributed by atoms with van der Waals surface area (Å²) in [5, 5.41) is 3.30. The predicted octanol–water partition coefficient (Wildman–Crippen LogP) is 4.48. The molecule has 0 saturated carbocycles. The smallest absolute Gasteiger partial charge is 0.257 e. The molecule has 2 N–H and O–H groups in total. The second-order valence-electron chi connectivity index (χ2n) is 8.03. The van der Waals surface area contributed by atoms with Gasteiger partial charge in [-0.05, 0) is 47.7 Å². The summed E-state index contributed by atoms with van der Waals surface area (Å²) in [4.78, 5) is 17.6. The number of hydrogen-bond acceptors (Lipinski definition) is 5. The second-order valence-corrected chi connectivity index (χ2v) is 11.0. The van der Waals surface area contributed by atoms with Crippen molar-refractivity contribution in [2.24, 2.45) is 0 Å². The van der Waals surface area contributed by atoms with E-state index < -0.39 is 10.0 Å². The van der Waals surface area contributed by atoms with Crippen molar-refractivity contribution in [3.8, 4) is 0 Å². The number of carbonyl (C=O) groups excluding carboxylic acids is 1. The third-order valence-electron chi connectivity index (χ3n) is 4.55. The number of anilines is 1. The molecule has 30 heavy (non-hydrogen) atoms. The van der Waals surface area contributed by atoms with Gasteiger partial charge in [-0.15, -0.1) is 11.3 Å². The summed E-state index contributed by atoms with van der Waals surface area (Å²) in [6, 6.07) is 13.7. The van der Waals surface area contributed by atoms with Crippen molar-refractivity contribution >= 4 is 32.4 Å². The average Bonchev–Trinajstić information content (AvgIpc) is 3.11. The van der Waals surface area contributed by atoms with Gasteiger partial charge < -0.3 is 0 Å². The molecular weight excluding hydrogens is 418 g/mol. The van der Waals surface area contributed by atoms with Gasteiger partial charge in [-0.25, -0.2) is 18.1 Å². The molecular formula is C22H25N3O3S2. The maximum atomic E-state index is 12.6. The first kappa shape index (κ1) is 22.1. The van der Waals surface area contributed by atoms with Gasteiger partial charge in [0.2, 0.25) is 10.0 Å². The zero-order valence-corrected chi connectivity index (χ0v) is 19.0. The van der Waals surface area contributed by atoms with Gasteiger partial charge in [-0.3, -0.25) is 10.1 Å². The van der Waals surface area contributed by atoms with Gasteiger partial charge in [-0.2, -0.15) is 0 Å². The van der Waals surface area contributed by atoms with Crippen molar-refractivity contribution in [2.75, 3.05) is 5.32 Å². The van der Waals surface area contributed by atoms with Crippen LogP contribution in [0.25, 0.3) is 0 Å². The van der Waals surface area contributed by atoms with E-state index in [9.17, 15) is 13.2 Å². The fourth-order valence-electron chi connectivity index (χ4n) is 2.75. The molecule has 3 aromatic rings. The lowest BCUT2D eigenvalue weighted by Gasteiger charge is -2.19. The molecule has 0 radical (unpaired) electrons. The van der Waals surface area contributed by atoms with E-state index in [0.29, 0.717) is 10.7 Å². The second kappa shape index (κ2) is 8.67. The number of sulfonamides is 1. The minimum Gasteiger partial charge on any atom is -0.298 e. The minimum absolute atomic E-state index is 0.0395. The molecule has 0 aliphatic carbocycles. The zero-order valence-electron chi connectivity index (χ0n) is 17.4. The van der Waals surface area contributed by atoms with E-state index in [2.05, 4.69) is 35.8 Å². The van der Waals surface area contributed by atoms with Gasteiger partial charge in [0, 0.05) is 23.2 Å². The van der Waals surface area contributed by atoms with Gasteiger partial charge >= 0.3 is 0 Å². The quantitative estimate of drug-likeness (QED) is 0.588. The fourth-order valence-corrected chi connectivity index (χ4v) is 4.43. The molecule has 0 aliphatic rings. The normalized spacial score (nSPS) is 12.0. The summed E-state index contributed by atoms with van der Waals surface area (Å²) in [5.41, 5.74) is 2.27. The Balaban J connectivity index is 1.62. The van der Waals surface area contributed by atoms with E-state index in [1.807, 2.05) is 19.1 Å². The molecule has 1 aromatic heterocycles. The van der Waals surface area contributed by atoms with Gasteiger partial charge in [0.15, 0.2) is 5.13 Å². The molecule has 0 fully saturated rings. The van der Waals surface area contributed by atoms with Crippen LogP contribution in [0.4, 0.5) is 5.13 Å². The molecule has 0 bridgehead atoms. The molecule has 1 amide bonds. The van der Waals surface area contributed by atoms with Crippen LogP contribution in [-0.4, -0.2) is 19.3 Å². The Morgan fingerprint density at radius 1 is 1.03 bits per heavy atom. The van der Waals surface area contributed by atoms with Crippen LogP contribution < -0.4 is 10.0 Å². The highest BCUT2D eigenvalue weighted by Crippen LogP contribution is 2.23. The Hall–Kier alpha value is -2.55. The molecule has 1 heterocycles. The molecule has 0 atom stereocenters. The molecule has 0 unspecified atom stereocenters. The minimum atomic E-state index is -3.62. The van der Waals surface area contributed by atoms with Crippen LogP contribution in [0.5, 0.6) is 0 Å². The number of benzene rings is 2. The van der Waals surface area contributed by atoms with E-state index in [1.165, 1.54) is 11.3 Å². The van der Waals surface area contributed by atoms with E-state index in [0.717, 1.165) is 16.0 Å². The number of nitrogens with one attached hydrogen (secondary N) is 2. The molecule has 2 aromatic carbocycles. The molecule has 0 spiro atoms. The fraction of sp³-hybridized carbons (Fsp3) is 0.273. The van der Waals surface area contributed by atoms with Gasteiger partial charge in [-0.1, -0.05) is 45.0 Å². The largest absolute Gasteiger partial charge is 0.298 e. The van der Waals surface area contributed by atoms with Crippen LogP contribution in [0, 0.1) is 6.92 Å². The maximum absolute atomic E-state index is 12.6. The van der Waals surface area contributed by atoms with Crippen molar-refractivity contribution < 1.29 is 13.2 Å². The number of amides is 1.